The van der Waals surface area contributed by atoms with E-state index in [1.165, 1.54) is 11.5 Å². The zero-order chi connectivity index (χ0) is 13.2. The molecule has 0 saturated carbocycles. The van der Waals surface area contributed by atoms with Gasteiger partial charge in [-0.05, 0) is 6.92 Å². The Morgan fingerprint density at radius 2 is 1.89 bits per heavy atom. The summed E-state index contributed by atoms with van der Waals surface area (Å²) in [6, 6.07) is 0. The Kier molecular flexibility index (Phi) is 3.33. The van der Waals surface area contributed by atoms with Crippen LogP contribution in [0.15, 0.2) is 0 Å². The van der Waals surface area contributed by atoms with Crippen LogP contribution < -0.4 is 9.80 Å². The number of nitrogens with one attached hydrogen (secondary N) is 1. The molecule has 0 atom stereocenters. The minimum Gasteiger partial charge on any atom is -0.343 e. The van der Waals surface area contributed by atoms with Crippen molar-refractivity contribution in [2.24, 2.45) is 0 Å². The maximum Gasteiger partial charge on any atom is 0.244 e. The van der Waals surface area contributed by atoms with E-state index in [1.54, 1.807) is 0 Å². The molecule has 1 saturated heterocycles. The molecule has 3 rings (SSSR count). The van der Waals surface area contributed by atoms with Crippen LogP contribution in [0.2, 0.25) is 0 Å². The van der Waals surface area contributed by atoms with E-state index in [1.807, 2.05) is 6.92 Å². The van der Waals surface area contributed by atoms with Gasteiger partial charge in [0.2, 0.25) is 11.1 Å². The van der Waals surface area contributed by atoms with Crippen molar-refractivity contribution in [2.45, 2.75) is 20.3 Å². The maximum atomic E-state index is 4.53. The number of rotatable bonds is 3. The number of hydrogen-bond donors (Lipinski definition) is 1. The number of H-pyrrole nitrogens is 1. The lowest BCUT2D eigenvalue weighted by Crippen LogP contribution is -2.47. The fourth-order valence-corrected chi connectivity index (χ4v) is 2.89. The number of anilines is 2. The van der Waals surface area contributed by atoms with Gasteiger partial charge in [-0.2, -0.15) is 9.36 Å². The van der Waals surface area contributed by atoms with Crippen molar-refractivity contribution in [3.8, 4) is 0 Å². The average molecular weight is 279 g/mol. The van der Waals surface area contributed by atoms with Crippen molar-refractivity contribution in [1.82, 2.24) is 24.5 Å². The Bertz CT molecular complexity index is 541. The molecule has 1 aliphatic rings. The van der Waals surface area contributed by atoms with Gasteiger partial charge in [0.25, 0.3) is 0 Å². The van der Waals surface area contributed by atoms with Gasteiger partial charge in [0.1, 0.15) is 11.6 Å². The fraction of sp³-hybridized carbons (Fsp3) is 0.636. The Labute approximate surface area is 115 Å². The third-order valence-corrected chi connectivity index (χ3v) is 4.01. The Balaban J connectivity index is 1.63. The SMILES string of the molecule is CCc1nsc(N2CCN(c3n[nH]c(C)n3)CC2)n1. The van der Waals surface area contributed by atoms with Gasteiger partial charge >= 0.3 is 0 Å². The first-order valence-corrected chi connectivity index (χ1v) is 7.25. The topological polar surface area (TPSA) is 73.8 Å². The third-order valence-electron chi connectivity index (χ3n) is 3.19. The molecule has 0 bridgehead atoms. The van der Waals surface area contributed by atoms with E-state index in [2.05, 4.69) is 41.3 Å². The van der Waals surface area contributed by atoms with Crippen LogP contribution in [0.5, 0.6) is 0 Å². The van der Waals surface area contributed by atoms with Crippen molar-refractivity contribution in [3.63, 3.8) is 0 Å². The van der Waals surface area contributed by atoms with Crippen molar-refractivity contribution in [3.05, 3.63) is 11.6 Å². The van der Waals surface area contributed by atoms with Gasteiger partial charge in [0.15, 0.2) is 0 Å². The summed E-state index contributed by atoms with van der Waals surface area (Å²) in [6.45, 7) is 7.70. The Morgan fingerprint density at radius 1 is 1.16 bits per heavy atom. The molecule has 0 aliphatic carbocycles. The Hall–Kier alpha value is -1.70. The highest BCUT2D eigenvalue weighted by Crippen LogP contribution is 2.20. The minimum absolute atomic E-state index is 0.795. The summed E-state index contributed by atoms with van der Waals surface area (Å²) < 4.78 is 4.34. The van der Waals surface area contributed by atoms with Crippen LogP contribution in [0.1, 0.15) is 18.6 Å². The second-order valence-corrected chi connectivity index (χ2v) is 5.27. The summed E-state index contributed by atoms with van der Waals surface area (Å²) in [5.74, 6) is 2.59. The lowest BCUT2D eigenvalue weighted by molar-refractivity contribution is 0.639. The molecule has 102 valence electrons. The summed E-state index contributed by atoms with van der Waals surface area (Å²) >= 11 is 1.49. The average Bonchev–Trinajstić information content (AvgIpc) is 3.07. The molecule has 3 heterocycles. The molecule has 7 nitrogen and oxygen atoms in total. The predicted octanol–water partition coefficient (Wildman–Crippen LogP) is 0.854. The first-order chi connectivity index (χ1) is 9.26. The van der Waals surface area contributed by atoms with Crippen molar-refractivity contribution >= 4 is 22.6 Å². The van der Waals surface area contributed by atoms with Gasteiger partial charge in [-0.25, -0.2) is 4.98 Å². The van der Waals surface area contributed by atoms with Gasteiger partial charge in [-0.3, -0.25) is 5.10 Å². The van der Waals surface area contributed by atoms with Gasteiger partial charge < -0.3 is 9.80 Å². The number of hydrogen-bond acceptors (Lipinski definition) is 7. The van der Waals surface area contributed by atoms with Crippen molar-refractivity contribution in [1.29, 1.82) is 0 Å². The van der Waals surface area contributed by atoms with Crippen LogP contribution in [0.4, 0.5) is 11.1 Å². The standard InChI is InChI=1S/C11H17N7S/c1-3-9-13-11(19-16-9)18-6-4-17(5-7-18)10-12-8(2)14-15-10/h3-7H2,1-2H3,(H,12,14,15). The normalized spacial score (nSPS) is 16.1. The molecule has 19 heavy (non-hydrogen) atoms. The first kappa shape index (κ1) is 12.3. The van der Waals surface area contributed by atoms with E-state index < -0.39 is 0 Å². The second-order valence-electron chi connectivity index (χ2n) is 4.54. The summed E-state index contributed by atoms with van der Waals surface area (Å²) in [5, 5.41) is 8.11. The molecule has 8 heteroatoms. The van der Waals surface area contributed by atoms with E-state index in [0.29, 0.717) is 0 Å². The highest BCUT2D eigenvalue weighted by atomic mass is 32.1. The van der Waals surface area contributed by atoms with E-state index in [0.717, 1.165) is 55.3 Å². The van der Waals surface area contributed by atoms with Crippen LogP contribution in [-0.4, -0.2) is 50.7 Å². The molecule has 1 N–H and O–H groups in total. The molecule has 2 aromatic heterocycles. The number of nitrogens with zero attached hydrogens (tertiary/aromatic N) is 6. The van der Waals surface area contributed by atoms with Crippen LogP contribution in [0.25, 0.3) is 0 Å². The monoisotopic (exact) mass is 279 g/mol. The molecular weight excluding hydrogens is 262 g/mol. The molecule has 1 fully saturated rings. The predicted molar refractivity (Wildman–Crippen MR) is 74.8 cm³/mol. The minimum atomic E-state index is 0.795. The van der Waals surface area contributed by atoms with Crippen LogP contribution in [0.3, 0.4) is 0 Å². The number of piperazine rings is 1. The van der Waals surface area contributed by atoms with Gasteiger partial charge in [-0.1, -0.05) is 6.92 Å². The highest BCUT2D eigenvalue weighted by Gasteiger charge is 2.21. The van der Waals surface area contributed by atoms with Crippen molar-refractivity contribution in [2.75, 3.05) is 36.0 Å². The number of aromatic nitrogens is 5. The molecular formula is C11H17N7S. The maximum absolute atomic E-state index is 4.53. The first-order valence-electron chi connectivity index (χ1n) is 6.47. The molecule has 0 aromatic carbocycles. The number of aryl methyl sites for hydroxylation is 2. The van der Waals surface area contributed by atoms with Crippen LogP contribution in [0, 0.1) is 6.92 Å². The molecule has 2 aromatic rings. The van der Waals surface area contributed by atoms with Crippen LogP contribution in [-0.2, 0) is 6.42 Å². The largest absolute Gasteiger partial charge is 0.343 e. The van der Waals surface area contributed by atoms with Crippen LogP contribution >= 0.6 is 11.5 Å². The quantitative estimate of drug-likeness (QED) is 0.898. The zero-order valence-electron chi connectivity index (χ0n) is 11.1. The van der Waals surface area contributed by atoms with Gasteiger partial charge in [0.05, 0.1) is 0 Å². The fourth-order valence-electron chi connectivity index (χ4n) is 2.09. The highest BCUT2D eigenvalue weighted by molar-refractivity contribution is 7.09. The summed E-state index contributed by atoms with van der Waals surface area (Å²) in [6.07, 6.45) is 0.896. The van der Waals surface area contributed by atoms with Gasteiger partial charge in [-0.15, -0.1) is 5.10 Å². The molecule has 0 amide bonds. The molecule has 0 radical (unpaired) electrons. The molecule has 0 unspecified atom stereocenters. The second kappa shape index (κ2) is 5.12. The van der Waals surface area contributed by atoms with E-state index >= 15 is 0 Å². The van der Waals surface area contributed by atoms with Crippen molar-refractivity contribution < 1.29 is 0 Å². The summed E-state index contributed by atoms with van der Waals surface area (Å²) in [4.78, 5) is 13.4. The van der Waals surface area contributed by atoms with Gasteiger partial charge in [0, 0.05) is 44.1 Å². The molecule has 0 spiro atoms. The zero-order valence-corrected chi connectivity index (χ0v) is 11.9. The molecule has 1 aliphatic heterocycles. The van der Waals surface area contributed by atoms with E-state index in [9.17, 15) is 0 Å². The third kappa shape index (κ3) is 2.53. The smallest absolute Gasteiger partial charge is 0.244 e. The number of aromatic amines is 1. The lowest BCUT2D eigenvalue weighted by atomic mass is 10.3. The summed E-state index contributed by atoms with van der Waals surface area (Å²) in [7, 11) is 0. The summed E-state index contributed by atoms with van der Waals surface area (Å²) in [5.41, 5.74) is 0. The lowest BCUT2D eigenvalue weighted by Gasteiger charge is -2.33. The Morgan fingerprint density at radius 3 is 2.47 bits per heavy atom. The van der Waals surface area contributed by atoms with E-state index in [4.69, 9.17) is 0 Å². The van der Waals surface area contributed by atoms with E-state index in [-0.39, 0.29) is 0 Å².